The molecule has 3 N–H and O–H groups in total. The van der Waals surface area contributed by atoms with E-state index < -0.39 is 10.0 Å². The molecule has 0 saturated carbocycles. The lowest BCUT2D eigenvalue weighted by atomic mass is 10.2. The second-order valence-electron chi connectivity index (χ2n) is 3.49. The fourth-order valence-corrected chi connectivity index (χ4v) is 2.50. The number of anilines is 1. The lowest BCUT2D eigenvalue weighted by Crippen LogP contribution is -2.20. The summed E-state index contributed by atoms with van der Waals surface area (Å²) in [7, 11) is -3.32. The first kappa shape index (κ1) is 11.3. The van der Waals surface area contributed by atoms with Crippen LogP contribution >= 0.6 is 15.9 Å². The molecule has 0 atom stereocenters. The maximum Gasteiger partial charge on any atom is 0.243 e. The van der Waals surface area contributed by atoms with Crippen molar-refractivity contribution in [3.05, 3.63) is 28.9 Å². The smallest absolute Gasteiger partial charge is 0.243 e. The monoisotopic (exact) mass is 303 g/mol. The van der Waals surface area contributed by atoms with E-state index in [0.29, 0.717) is 11.2 Å². The van der Waals surface area contributed by atoms with Crippen LogP contribution in [0.4, 0.5) is 5.69 Å². The summed E-state index contributed by atoms with van der Waals surface area (Å²) in [5.41, 5.74) is 6.94. The second kappa shape index (κ2) is 3.67. The summed E-state index contributed by atoms with van der Waals surface area (Å²) < 4.78 is 24.5. The average Bonchev–Trinajstić information content (AvgIpc) is 2.40. The predicted molar refractivity (Wildman–Crippen MR) is 68.3 cm³/mol. The number of nitrogen functional groups attached to an aromatic ring is 1. The van der Waals surface area contributed by atoms with Gasteiger partial charge in [0.1, 0.15) is 0 Å². The molecule has 0 aliphatic rings. The summed E-state index contributed by atoms with van der Waals surface area (Å²) in [5, 5.41) is 0.894. The second-order valence-corrected chi connectivity index (χ2v) is 6.07. The molecule has 0 aliphatic heterocycles. The quantitative estimate of drug-likeness (QED) is 0.825. The highest BCUT2D eigenvalue weighted by molar-refractivity contribution is 9.10. The topological polar surface area (TPSA) is 77.1 Å². The SMILES string of the molecule is CS(=O)(=O)Nn1cc(Br)c2ccc(N)cc21. The molecule has 0 fully saturated rings. The number of nitrogens with zero attached hydrogens (tertiary/aromatic N) is 1. The Labute approximate surface area is 101 Å². The Morgan fingerprint density at radius 2 is 2.12 bits per heavy atom. The third-order valence-corrected chi connectivity index (χ3v) is 3.21. The van der Waals surface area contributed by atoms with Crippen molar-refractivity contribution < 1.29 is 8.42 Å². The van der Waals surface area contributed by atoms with Crippen LogP contribution in [0.5, 0.6) is 0 Å². The van der Waals surface area contributed by atoms with Crippen LogP contribution in [0.1, 0.15) is 0 Å². The first-order chi connectivity index (χ1) is 7.37. The van der Waals surface area contributed by atoms with Crippen LogP contribution in [-0.4, -0.2) is 19.3 Å². The van der Waals surface area contributed by atoms with E-state index in [1.54, 1.807) is 18.3 Å². The number of nitrogens with two attached hydrogens (primary N) is 1. The Morgan fingerprint density at radius 1 is 1.44 bits per heavy atom. The van der Waals surface area contributed by atoms with Gasteiger partial charge in [-0.05, 0) is 34.1 Å². The summed E-state index contributed by atoms with van der Waals surface area (Å²) in [5.74, 6) is 0. The van der Waals surface area contributed by atoms with Crippen LogP contribution in [0.2, 0.25) is 0 Å². The zero-order valence-corrected chi connectivity index (χ0v) is 10.8. The Balaban J connectivity index is 2.66. The van der Waals surface area contributed by atoms with Gasteiger partial charge in [0.05, 0.1) is 11.8 Å². The van der Waals surface area contributed by atoms with Crippen molar-refractivity contribution in [1.29, 1.82) is 0 Å². The van der Waals surface area contributed by atoms with Crippen molar-refractivity contribution in [1.82, 2.24) is 4.68 Å². The molecule has 0 spiro atoms. The average molecular weight is 304 g/mol. The predicted octanol–water partition coefficient (Wildman–Crippen LogP) is 1.49. The first-order valence-corrected chi connectivity index (χ1v) is 7.09. The van der Waals surface area contributed by atoms with E-state index in [2.05, 4.69) is 20.8 Å². The van der Waals surface area contributed by atoms with Gasteiger partial charge in [0.25, 0.3) is 0 Å². The fourth-order valence-electron chi connectivity index (χ4n) is 1.46. The molecule has 2 aromatic rings. The molecule has 7 heteroatoms. The van der Waals surface area contributed by atoms with Gasteiger partial charge in [-0.3, -0.25) is 4.68 Å². The van der Waals surface area contributed by atoms with Gasteiger partial charge >= 0.3 is 0 Å². The largest absolute Gasteiger partial charge is 0.399 e. The van der Waals surface area contributed by atoms with E-state index in [9.17, 15) is 8.42 Å². The van der Waals surface area contributed by atoms with Crippen molar-refractivity contribution >= 4 is 42.5 Å². The van der Waals surface area contributed by atoms with E-state index in [-0.39, 0.29) is 0 Å². The summed E-state index contributed by atoms with van der Waals surface area (Å²) in [6.45, 7) is 0. The number of sulfonamides is 1. The van der Waals surface area contributed by atoms with Gasteiger partial charge in [0.2, 0.25) is 10.0 Å². The number of nitrogens with one attached hydrogen (secondary N) is 1. The van der Waals surface area contributed by atoms with E-state index in [1.165, 1.54) is 4.68 Å². The van der Waals surface area contributed by atoms with Gasteiger partial charge in [0, 0.05) is 21.7 Å². The van der Waals surface area contributed by atoms with Crippen molar-refractivity contribution in [2.75, 3.05) is 16.8 Å². The highest BCUT2D eigenvalue weighted by Crippen LogP contribution is 2.27. The minimum Gasteiger partial charge on any atom is -0.399 e. The number of rotatable bonds is 2. The van der Waals surface area contributed by atoms with Gasteiger partial charge < -0.3 is 5.73 Å². The molecule has 16 heavy (non-hydrogen) atoms. The van der Waals surface area contributed by atoms with Gasteiger partial charge in [-0.2, -0.15) is 0 Å². The van der Waals surface area contributed by atoms with Gasteiger partial charge in [0.15, 0.2) is 0 Å². The lowest BCUT2D eigenvalue weighted by molar-refractivity contribution is 0.602. The summed E-state index contributed by atoms with van der Waals surface area (Å²) >= 11 is 3.35. The van der Waals surface area contributed by atoms with E-state index in [0.717, 1.165) is 16.1 Å². The standard InChI is InChI=1S/C9H10BrN3O2S/c1-16(14,15)12-13-5-8(10)7-3-2-6(11)4-9(7)13/h2-5,12H,11H2,1H3. The molecule has 0 radical (unpaired) electrons. The number of hydrogen-bond donors (Lipinski definition) is 2. The number of hydrogen-bond acceptors (Lipinski definition) is 3. The van der Waals surface area contributed by atoms with Crippen LogP contribution in [-0.2, 0) is 10.0 Å². The summed E-state index contributed by atoms with van der Waals surface area (Å²) in [6, 6.07) is 5.30. The molecule has 0 aliphatic carbocycles. The third-order valence-electron chi connectivity index (χ3n) is 2.05. The van der Waals surface area contributed by atoms with Gasteiger partial charge in [-0.1, -0.05) is 0 Å². The van der Waals surface area contributed by atoms with Crippen molar-refractivity contribution in [2.24, 2.45) is 0 Å². The minimum atomic E-state index is -3.32. The normalized spacial score (nSPS) is 11.9. The van der Waals surface area contributed by atoms with Crippen LogP contribution in [0.25, 0.3) is 10.9 Å². The van der Waals surface area contributed by atoms with Crippen LogP contribution < -0.4 is 10.6 Å². The highest BCUT2D eigenvalue weighted by atomic mass is 79.9. The molecular weight excluding hydrogens is 294 g/mol. The van der Waals surface area contributed by atoms with Crippen molar-refractivity contribution in [3.8, 4) is 0 Å². The Bertz CT molecular complexity index is 648. The van der Waals surface area contributed by atoms with E-state index in [1.807, 2.05) is 6.07 Å². The van der Waals surface area contributed by atoms with Crippen molar-refractivity contribution in [2.45, 2.75) is 0 Å². The molecule has 0 bridgehead atoms. The minimum absolute atomic E-state index is 0.578. The van der Waals surface area contributed by atoms with Crippen LogP contribution in [0.15, 0.2) is 28.9 Å². The Hall–Kier alpha value is -1.21. The molecule has 1 heterocycles. The zero-order chi connectivity index (χ0) is 11.9. The highest BCUT2D eigenvalue weighted by Gasteiger charge is 2.09. The van der Waals surface area contributed by atoms with E-state index >= 15 is 0 Å². The first-order valence-electron chi connectivity index (χ1n) is 4.41. The molecular formula is C9H10BrN3O2S. The lowest BCUT2D eigenvalue weighted by Gasteiger charge is -2.06. The molecule has 0 amide bonds. The molecule has 0 unspecified atom stereocenters. The van der Waals surface area contributed by atoms with Crippen LogP contribution in [0.3, 0.4) is 0 Å². The summed E-state index contributed by atoms with van der Waals surface area (Å²) in [6.07, 6.45) is 2.74. The summed E-state index contributed by atoms with van der Waals surface area (Å²) in [4.78, 5) is 2.38. The zero-order valence-electron chi connectivity index (χ0n) is 8.44. The third kappa shape index (κ3) is 2.14. The van der Waals surface area contributed by atoms with Gasteiger partial charge in [-0.25, -0.2) is 13.2 Å². The Kier molecular flexibility index (Phi) is 2.59. The maximum atomic E-state index is 11.2. The number of benzene rings is 1. The molecule has 1 aromatic carbocycles. The molecule has 5 nitrogen and oxygen atoms in total. The molecule has 2 rings (SSSR count). The van der Waals surface area contributed by atoms with Crippen LogP contribution in [0, 0.1) is 0 Å². The fraction of sp³-hybridized carbons (Fsp3) is 0.111. The van der Waals surface area contributed by atoms with E-state index in [4.69, 9.17) is 5.73 Å². The Morgan fingerprint density at radius 3 is 2.75 bits per heavy atom. The number of fused-ring (bicyclic) bond motifs is 1. The molecule has 86 valence electrons. The number of halogens is 1. The molecule has 1 aromatic heterocycles. The maximum absolute atomic E-state index is 11.2. The molecule has 0 saturated heterocycles. The van der Waals surface area contributed by atoms with Gasteiger partial charge in [-0.15, -0.1) is 0 Å². The number of aromatic nitrogens is 1. The van der Waals surface area contributed by atoms with Crippen molar-refractivity contribution in [3.63, 3.8) is 0 Å².